The molecule has 1 aromatic rings. The van der Waals surface area contributed by atoms with Gasteiger partial charge in [-0.25, -0.2) is 4.98 Å². The average Bonchev–Trinajstić information content (AvgIpc) is 2.13. The van der Waals surface area contributed by atoms with Gasteiger partial charge in [0.2, 0.25) is 0 Å². The molecular formula is C6H11N3. The molecule has 3 nitrogen and oxygen atoms in total. The summed E-state index contributed by atoms with van der Waals surface area (Å²) in [7, 11) is 1.89. The lowest BCUT2D eigenvalue weighted by Gasteiger charge is -1.86. The third-order valence-electron chi connectivity index (χ3n) is 1.09. The maximum absolute atomic E-state index is 7.05. The maximum Gasteiger partial charge on any atom is 0.0946 e. The summed E-state index contributed by atoms with van der Waals surface area (Å²) < 4.78 is 8.90. The molecule has 0 saturated carbocycles. The van der Waals surface area contributed by atoms with E-state index in [1.54, 1.807) is 6.33 Å². The van der Waals surface area contributed by atoms with E-state index in [4.69, 9.17) is 7.10 Å². The van der Waals surface area contributed by atoms with Gasteiger partial charge in [-0.1, -0.05) is 0 Å². The molecule has 1 rings (SSSR count). The SMILES string of the molecule is [2H][C@@H](N)Cc1cn(C)cn1. The van der Waals surface area contributed by atoms with Crippen LogP contribution in [0.2, 0.25) is 0 Å². The Morgan fingerprint density at radius 3 is 3.22 bits per heavy atom. The Kier molecular flexibility index (Phi) is 1.46. The molecular weight excluding hydrogens is 114 g/mol. The van der Waals surface area contributed by atoms with Gasteiger partial charge in [-0.3, -0.25) is 0 Å². The number of hydrogen-bond acceptors (Lipinski definition) is 2. The van der Waals surface area contributed by atoms with E-state index in [-0.39, 0.29) is 0 Å². The Morgan fingerprint density at radius 1 is 2.00 bits per heavy atom. The van der Waals surface area contributed by atoms with Gasteiger partial charge >= 0.3 is 0 Å². The van der Waals surface area contributed by atoms with Gasteiger partial charge in [0.1, 0.15) is 0 Å². The zero-order valence-electron chi connectivity index (χ0n) is 6.41. The average molecular weight is 126 g/mol. The smallest absolute Gasteiger partial charge is 0.0946 e. The summed E-state index contributed by atoms with van der Waals surface area (Å²) in [6, 6.07) is 0. The van der Waals surface area contributed by atoms with Gasteiger partial charge in [-0.2, -0.15) is 0 Å². The molecule has 9 heavy (non-hydrogen) atoms. The topological polar surface area (TPSA) is 43.8 Å². The van der Waals surface area contributed by atoms with Crippen LogP contribution >= 0.6 is 0 Å². The predicted molar refractivity (Wildman–Crippen MR) is 36.0 cm³/mol. The second kappa shape index (κ2) is 2.64. The summed E-state index contributed by atoms with van der Waals surface area (Å²) in [6.07, 6.45) is 4.10. The fourth-order valence-electron chi connectivity index (χ4n) is 0.693. The molecule has 0 unspecified atom stereocenters. The van der Waals surface area contributed by atoms with Crippen molar-refractivity contribution in [3.8, 4) is 0 Å². The van der Waals surface area contributed by atoms with Gasteiger partial charge in [0.25, 0.3) is 0 Å². The first-order valence-corrected chi connectivity index (χ1v) is 2.83. The van der Waals surface area contributed by atoms with Gasteiger partial charge in [0, 0.05) is 21.0 Å². The second-order valence-corrected chi connectivity index (χ2v) is 1.97. The van der Waals surface area contributed by atoms with Crippen molar-refractivity contribution in [2.45, 2.75) is 6.42 Å². The van der Waals surface area contributed by atoms with Crippen LogP contribution < -0.4 is 5.73 Å². The van der Waals surface area contributed by atoms with E-state index >= 15 is 0 Å². The highest BCUT2D eigenvalue weighted by atomic mass is 15.0. The first-order valence-electron chi connectivity index (χ1n) is 3.41. The molecule has 0 bridgehead atoms. The number of nitrogens with zero attached hydrogens (tertiary/aromatic N) is 2. The predicted octanol–water partition coefficient (Wildman–Crippen LogP) is -0.0787. The van der Waals surface area contributed by atoms with Crippen molar-refractivity contribution in [1.29, 1.82) is 0 Å². The summed E-state index contributed by atoms with van der Waals surface area (Å²) in [5.41, 5.74) is 6.13. The summed E-state index contributed by atoms with van der Waals surface area (Å²) in [5.74, 6) is 0. The van der Waals surface area contributed by atoms with Crippen molar-refractivity contribution in [3.63, 3.8) is 0 Å². The van der Waals surface area contributed by atoms with Crippen LogP contribution in [-0.2, 0) is 13.5 Å². The van der Waals surface area contributed by atoms with Crippen LogP contribution in [0.25, 0.3) is 0 Å². The van der Waals surface area contributed by atoms with Gasteiger partial charge in [0.15, 0.2) is 0 Å². The summed E-state index contributed by atoms with van der Waals surface area (Å²) in [4.78, 5) is 4.02. The fourth-order valence-corrected chi connectivity index (χ4v) is 0.693. The molecule has 3 heteroatoms. The number of nitrogens with two attached hydrogens (primary N) is 1. The minimum Gasteiger partial charge on any atom is -0.340 e. The van der Waals surface area contributed by atoms with Crippen molar-refractivity contribution in [1.82, 2.24) is 9.55 Å². The number of rotatable bonds is 2. The Labute approximate surface area is 55.9 Å². The summed E-state index contributed by atoms with van der Waals surface area (Å²) in [6.45, 7) is -0.546. The molecule has 0 fully saturated rings. The van der Waals surface area contributed by atoms with Crippen molar-refractivity contribution >= 4 is 0 Å². The van der Waals surface area contributed by atoms with Crippen LogP contribution in [0.15, 0.2) is 12.5 Å². The van der Waals surface area contributed by atoms with Gasteiger partial charge in [-0.05, 0) is 6.52 Å². The summed E-state index contributed by atoms with van der Waals surface area (Å²) in [5, 5.41) is 0. The Bertz CT molecular complexity index is 207. The van der Waals surface area contributed by atoms with Crippen LogP contribution in [0.5, 0.6) is 0 Å². The molecule has 1 heterocycles. The zero-order valence-corrected chi connectivity index (χ0v) is 5.41. The molecule has 0 spiro atoms. The lowest BCUT2D eigenvalue weighted by atomic mass is 10.3. The van der Waals surface area contributed by atoms with E-state index in [0.717, 1.165) is 5.69 Å². The van der Waals surface area contributed by atoms with E-state index < -0.39 is 6.52 Å². The molecule has 2 N–H and O–H groups in total. The van der Waals surface area contributed by atoms with Crippen LogP contribution in [0.4, 0.5) is 0 Å². The second-order valence-electron chi connectivity index (χ2n) is 1.97. The fraction of sp³-hybridized carbons (Fsp3) is 0.500. The maximum atomic E-state index is 7.05. The lowest BCUT2D eigenvalue weighted by Crippen LogP contribution is -2.02. The Balaban J connectivity index is 2.58. The van der Waals surface area contributed by atoms with Crippen LogP contribution in [-0.4, -0.2) is 16.1 Å². The molecule has 1 aromatic heterocycles. The third kappa shape index (κ3) is 1.54. The van der Waals surface area contributed by atoms with Crippen LogP contribution in [0.1, 0.15) is 7.06 Å². The van der Waals surface area contributed by atoms with Crippen molar-refractivity contribution in [3.05, 3.63) is 18.2 Å². The number of hydrogen-bond donors (Lipinski definition) is 1. The molecule has 0 radical (unpaired) electrons. The molecule has 0 aliphatic rings. The monoisotopic (exact) mass is 126 g/mol. The van der Waals surface area contributed by atoms with Gasteiger partial charge < -0.3 is 10.3 Å². The minimum atomic E-state index is -0.546. The van der Waals surface area contributed by atoms with Crippen LogP contribution in [0, 0.1) is 0 Å². The third-order valence-corrected chi connectivity index (χ3v) is 1.09. The van der Waals surface area contributed by atoms with E-state index in [1.165, 1.54) is 0 Å². The highest BCUT2D eigenvalue weighted by Crippen LogP contribution is 1.92. The first-order chi connectivity index (χ1) is 4.68. The highest BCUT2D eigenvalue weighted by molar-refractivity contribution is 4.95. The highest BCUT2D eigenvalue weighted by Gasteiger charge is 1.91. The zero-order chi connectivity index (χ0) is 7.56. The molecule has 0 aliphatic heterocycles. The summed E-state index contributed by atoms with van der Waals surface area (Å²) >= 11 is 0. The van der Waals surface area contributed by atoms with Gasteiger partial charge in [-0.15, -0.1) is 0 Å². The van der Waals surface area contributed by atoms with E-state index in [9.17, 15) is 0 Å². The van der Waals surface area contributed by atoms with E-state index in [1.807, 2.05) is 17.8 Å². The quantitative estimate of drug-likeness (QED) is 0.602. The van der Waals surface area contributed by atoms with Crippen molar-refractivity contribution in [2.75, 3.05) is 6.52 Å². The minimum absolute atomic E-state index is 0.529. The van der Waals surface area contributed by atoms with Crippen molar-refractivity contribution in [2.24, 2.45) is 12.8 Å². The molecule has 0 saturated heterocycles. The van der Waals surface area contributed by atoms with Crippen molar-refractivity contribution < 1.29 is 1.37 Å². The molecule has 0 aromatic carbocycles. The standard InChI is InChI=1S/C6H11N3/c1-9-4-6(2-3-7)8-5-9/h4-5H,2-3,7H2,1H3/i3D/t3-/m1/s1. The molecule has 0 aliphatic carbocycles. The first kappa shape index (κ1) is 4.99. The number of imidazole rings is 1. The normalized spacial score (nSPS) is 15.1. The largest absolute Gasteiger partial charge is 0.340 e. The lowest BCUT2D eigenvalue weighted by molar-refractivity contribution is 0.906. The van der Waals surface area contributed by atoms with Gasteiger partial charge in [0.05, 0.1) is 12.0 Å². The molecule has 1 atom stereocenters. The number of aromatic nitrogens is 2. The molecule has 0 amide bonds. The van der Waals surface area contributed by atoms with E-state index in [2.05, 4.69) is 4.98 Å². The molecule has 50 valence electrons. The van der Waals surface area contributed by atoms with Crippen LogP contribution in [0.3, 0.4) is 0 Å². The Hall–Kier alpha value is -0.830. The Morgan fingerprint density at radius 2 is 2.78 bits per heavy atom. The number of aryl methyl sites for hydroxylation is 2. The van der Waals surface area contributed by atoms with E-state index in [0.29, 0.717) is 6.42 Å².